The molecule has 2 aliphatic rings. The molecule has 1 aromatic carbocycles. The number of fused-ring (bicyclic) bond motifs is 1. The summed E-state index contributed by atoms with van der Waals surface area (Å²) in [6.45, 7) is 27.8. The fourth-order valence-electron chi connectivity index (χ4n) is 9.58. The Morgan fingerprint density at radius 3 is 1.14 bits per heavy atom. The number of quaternary nitrogens is 1. The molecule has 3 heterocycles. The van der Waals surface area contributed by atoms with Gasteiger partial charge in [-0.25, -0.2) is 9.59 Å². The Hall–Kier alpha value is -8.11. The molecule has 0 radical (unpaired) electrons. The number of esters is 1. The van der Waals surface area contributed by atoms with Crippen LogP contribution in [-0.2, 0) is 82.7 Å². The molecule has 10 amide bonds. The highest BCUT2D eigenvalue weighted by Gasteiger charge is 2.57. The van der Waals surface area contributed by atoms with Crippen LogP contribution in [0.2, 0.25) is 0 Å². The summed E-state index contributed by atoms with van der Waals surface area (Å²) in [6.07, 6.45) is -2.36. The second-order valence-corrected chi connectivity index (χ2v) is 30.0. The van der Waals surface area contributed by atoms with E-state index in [4.69, 9.17) is 29.2 Å². The van der Waals surface area contributed by atoms with Crippen molar-refractivity contribution in [3.05, 3.63) is 52.6 Å². The minimum absolute atomic E-state index is 0.00411. The quantitative estimate of drug-likeness (QED) is 0.0229. The van der Waals surface area contributed by atoms with E-state index < -0.39 is 170 Å². The van der Waals surface area contributed by atoms with Crippen LogP contribution in [0.15, 0.2) is 41.3 Å². The summed E-state index contributed by atoms with van der Waals surface area (Å²) in [5, 5.41) is 38.0. The number of methoxy groups -OCH3 is 1. The Morgan fingerprint density at radius 1 is 0.505 bits per heavy atom. The lowest BCUT2D eigenvalue weighted by molar-refractivity contribution is -0.720. The predicted octanol–water partition coefficient (Wildman–Crippen LogP) is -3.05. The first-order valence-electron chi connectivity index (χ1n) is 30.9. The topological polar surface area (TPSA) is 452 Å². The predicted molar refractivity (Wildman–Crippen MR) is 346 cm³/mol. The van der Waals surface area contributed by atoms with Gasteiger partial charge < -0.3 is 92.8 Å². The number of nitrogens with zero attached hydrogens (tertiary/aromatic N) is 2. The molecule has 0 spiro atoms. The summed E-state index contributed by atoms with van der Waals surface area (Å²) in [5.41, 5.74) is -11.8. The minimum atomic E-state index is -2.73. The largest absolute Gasteiger partial charge is 0.543 e. The van der Waals surface area contributed by atoms with Crippen molar-refractivity contribution in [2.45, 2.75) is 244 Å². The highest BCUT2D eigenvalue weighted by molar-refractivity contribution is 6.76. The monoisotopic (exact) mass is 1340 g/mol. The maximum absolute atomic E-state index is 14.1. The molecule has 15 N–H and O–H groups in total. The number of carbonyl (C=O) groups excluding carboxylic acids is 11. The Kier molecular flexibility index (Phi) is 23.3. The highest BCUT2D eigenvalue weighted by atomic mass is 16.8. The lowest BCUT2D eigenvalue weighted by atomic mass is 9.67. The molecule has 0 bridgehead atoms. The van der Waals surface area contributed by atoms with E-state index in [0.29, 0.717) is 11.0 Å². The van der Waals surface area contributed by atoms with Crippen LogP contribution in [0, 0.1) is 0 Å². The van der Waals surface area contributed by atoms with E-state index in [1.807, 2.05) is 0 Å². The molecule has 2 saturated heterocycles. The molecule has 33 heteroatoms. The van der Waals surface area contributed by atoms with E-state index in [2.05, 4.69) is 58.2 Å². The number of nitrogens with one attached hydrogen (secondary N) is 10. The van der Waals surface area contributed by atoms with Crippen LogP contribution < -0.4 is 75.4 Å². The smallest absolute Gasteiger partial charge is 0.410 e. The van der Waals surface area contributed by atoms with Gasteiger partial charge in [0.1, 0.15) is 67.3 Å². The highest BCUT2D eigenvalue weighted by Crippen LogP contribution is 2.41. The van der Waals surface area contributed by atoms with E-state index >= 15 is 0 Å². The number of hydrogen-bond acceptors (Lipinski definition) is 20. The van der Waals surface area contributed by atoms with Crippen molar-refractivity contribution in [3.63, 3.8) is 0 Å². The van der Waals surface area contributed by atoms with Gasteiger partial charge in [-0.2, -0.15) is 4.98 Å². The van der Waals surface area contributed by atoms with Gasteiger partial charge in [-0.1, -0.05) is 24.3 Å². The molecular formula is C62H101BN14O18. The van der Waals surface area contributed by atoms with E-state index in [1.54, 1.807) is 43.4 Å². The molecule has 530 valence electrons. The molecule has 0 unspecified atom stereocenters. The first-order chi connectivity index (χ1) is 42.9. The van der Waals surface area contributed by atoms with Gasteiger partial charge in [-0.3, -0.25) is 52.5 Å². The number of amides is 10. The van der Waals surface area contributed by atoms with Gasteiger partial charge in [0.25, 0.3) is 5.91 Å². The molecular weight excluding hydrogens is 1240 g/mol. The molecule has 0 saturated carbocycles. The lowest BCUT2D eigenvalue weighted by Gasteiger charge is -2.39. The third-order valence-electron chi connectivity index (χ3n) is 16.5. The number of aliphatic hydroxyl groups is 1. The normalized spacial score (nSPS) is 19.5. The Labute approximate surface area is 554 Å². The number of aromatic nitrogens is 2. The standard InChI is InChI=1S/C62H100BN14O18/c1-52(2,65-31-33-27-25-26-28-34(33)63(92-24)94-37-35(32-78)93-39(38(37)95-63)77-30-29-36(64)66-51(77)90)40(79)67-53(3,4)41(80)68-54(5,6)42(81)69-55(7,8)43(82)70-56(9,10)44(83)71-57(11,12)45(84)72-58(13,14)46(85)73-59(15,16)47(86)74-60(17,18)48(87)75-61(19,20)49(88)76-62(21,22)50(89)91-23/h25-30,35,37-39,65,78H,31-32H2,1-24H3,(H,67,79)(H,68,80)(H,69,81)(H,70,82)(H,71,83)(H,72,84)(H,73,85)(H,74,86)(H,75,87)(H,76,88)(H2,64,66,90)/q-1/p+1/t35-,37-,38-,39-,63-/m1/s1/i21+1/t35-,37-,38-,39-,62+,63-. The number of nitrogens with two attached hydrogens (primary N) is 2. The van der Waals surface area contributed by atoms with Crippen molar-refractivity contribution in [1.29, 1.82) is 0 Å². The third kappa shape index (κ3) is 18.5. The Balaban J connectivity index is 1.33. The summed E-state index contributed by atoms with van der Waals surface area (Å²) in [4.78, 5) is 167. The molecule has 2 aliphatic heterocycles. The van der Waals surface area contributed by atoms with Gasteiger partial charge >= 0.3 is 18.4 Å². The van der Waals surface area contributed by atoms with Crippen molar-refractivity contribution in [2.24, 2.45) is 0 Å². The second-order valence-electron chi connectivity index (χ2n) is 30.0. The first-order valence-corrected chi connectivity index (χ1v) is 30.9. The molecule has 95 heavy (non-hydrogen) atoms. The first kappa shape index (κ1) is 79.3. The van der Waals surface area contributed by atoms with Gasteiger partial charge in [0, 0.05) is 6.20 Å². The van der Waals surface area contributed by atoms with Crippen LogP contribution in [0.3, 0.4) is 0 Å². The molecule has 6 atom stereocenters. The molecule has 2 fully saturated rings. The summed E-state index contributed by atoms with van der Waals surface area (Å²) < 4.78 is 30.9. The van der Waals surface area contributed by atoms with Crippen LogP contribution >= 0.6 is 0 Å². The number of hydrogen-bond donors (Lipinski definition) is 13. The Morgan fingerprint density at radius 2 is 0.821 bits per heavy atom. The van der Waals surface area contributed by atoms with Crippen LogP contribution in [0.25, 0.3) is 0 Å². The van der Waals surface area contributed by atoms with Crippen LogP contribution in [0.5, 0.6) is 0 Å². The van der Waals surface area contributed by atoms with Crippen LogP contribution in [0.1, 0.15) is 164 Å². The second kappa shape index (κ2) is 27.9. The minimum Gasteiger partial charge on any atom is -0.543 e. The number of aliphatic hydroxyl groups excluding tert-OH is 1. The summed E-state index contributed by atoms with van der Waals surface area (Å²) >= 11 is 0. The Bertz CT molecular complexity index is 3390. The number of benzene rings is 1. The maximum atomic E-state index is 14.1. The summed E-state index contributed by atoms with van der Waals surface area (Å²) in [5.74, 6) is -8.62. The van der Waals surface area contributed by atoms with Crippen molar-refractivity contribution in [3.8, 4) is 0 Å². The van der Waals surface area contributed by atoms with Gasteiger partial charge in [-0.15, -0.1) is 5.46 Å². The zero-order valence-electron chi connectivity index (χ0n) is 59.2. The number of ether oxygens (including phenoxy) is 2. The molecule has 0 aliphatic carbocycles. The summed E-state index contributed by atoms with van der Waals surface area (Å²) in [7, 11) is 2.55. The lowest BCUT2D eigenvalue weighted by Crippen LogP contribution is -2.97. The molecule has 32 nitrogen and oxygen atoms in total. The average Bonchev–Trinajstić information content (AvgIpc) is 1.58. The van der Waals surface area contributed by atoms with Crippen molar-refractivity contribution in [1.82, 2.24) is 62.7 Å². The van der Waals surface area contributed by atoms with Gasteiger partial charge in [0.15, 0.2) is 11.8 Å². The SMILES string of the molecule is COC(=O)[C@@](C)([13CH3])NC(=O)C(C)(C)NC(=O)C(C)(C)NC(=O)C(C)(C)NC(=O)C(C)(C)NC(=O)C(C)(C)NC(=O)C(C)(C)NC(=O)C(C)(C)NC(=O)C(C)(C)NC(=O)C(C)(C)NC(=O)C(C)(C)[NH2+]Cc1ccccc1[B@-]1(OC)O[C@@H]2[C@H](O1)[C@@H](CO)O[C@H]2n1ccc(N)nc1=O. The summed E-state index contributed by atoms with van der Waals surface area (Å²) in [6, 6.07) is 8.48. The van der Waals surface area contributed by atoms with Crippen LogP contribution in [-0.4, -0.2) is 187 Å². The number of anilines is 1. The van der Waals surface area contributed by atoms with Gasteiger partial charge in [0.2, 0.25) is 53.2 Å². The number of carbonyl (C=O) groups is 11. The van der Waals surface area contributed by atoms with E-state index in [0.717, 1.165) is 7.11 Å². The van der Waals surface area contributed by atoms with E-state index in [-0.39, 0.29) is 12.4 Å². The zero-order chi connectivity index (χ0) is 73.2. The van der Waals surface area contributed by atoms with E-state index in [9.17, 15) is 62.6 Å². The maximum Gasteiger partial charge on any atom is 0.410 e. The van der Waals surface area contributed by atoms with Crippen molar-refractivity contribution >= 4 is 83.1 Å². The molecule has 1 aromatic heterocycles. The number of nitrogen functional groups attached to an aromatic ring is 1. The fraction of sp³-hybridized carbons (Fsp3) is 0.661. The molecule has 2 aromatic rings. The third-order valence-corrected chi connectivity index (χ3v) is 16.5. The van der Waals surface area contributed by atoms with Crippen molar-refractivity contribution < 1.29 is 86.6 Å². The zero-order valence-corrected chi connectivity index (χ0v) is 59.2. The molecule has 4 rings (SSSR count). The van der Waals surface area contributed by atoms with E-state index in [1.165, 1.54) is 162 Å². The van der Waals surface area contributed by atoms with Gasteiger partial charge in [0.05, 0.1) is 32.5 Å². The van der Waals surface area contributed by atoms with Crippen molar-refractivity contribution in [2.75, 3.05) is 26.6 Å². The number of rotatable bonds is 28. The van der Waals surface area contributed by atoms with Crippen LogP contribution in [0.4, 0.5) is 5.82 Å². The van der Waals surface area contributed by atoms with Gasteiger partial charge in [-0.05, 0) is 171 Å². The fourth-order valence-corrected chi connectivity index (χ4v) is 9.58. The average molecular weight is 1340 g/mol.